The van der Waals surface area contributed by atoms with Crippen LogP contribution >= 0.6 is 0 Å². The van der Waals surface area contributed by atoms with Crippen LogP contribution in [0.3, 0.4) is 0 Å². The van der Waals surface area contributed by atoms with E-state index in [0.29, 0.717) is 13.2 Å². The largest absolute Gasteiger partial charge is 0.492 e. The number of benzene rings is 1. The molecule has 0 spiro atoms. The van der Waals surface area contributed by atoms with E-state index in [4.69, 9.17) is 4.74 Å². The zero-order chi connectivity index (χ0) is 10.7. The first kappa shape index (κ1) is 9.98. The molecule has 0 bridgehead atoms. The van der Waals surface area contributed by atoms with Crippen LogP contribution in [0, 0.1) is 0 Å². The third-order valence-corrected chi connectivity index (χ3v) is 2.39. The molecular weight excluding hydrogens is 192 g/mol. The van der Waals surface area contributed by atoms with Crippen molar-refractivity contribution in [2.75, 3.05) is 20.2 Å². The Morgan fingerprint density at radius 2 is 2.40 bits per heavy atom. The van der Waals surface area contributed by atoms with Crippen LogP contribution in [0.15, 0.2) is 18.2 Å². The first-order valence-corrected chi connectivity index (χ1v) is 5.00. The molecule has 0 fully saturated rings. The predicted octanol–water partition coefficient (Wildman–Crippen LogP) is 0.528. The molecule has 0 atom stereocenters. The number of carbonyl (C=O) groups excluding carboxylic acids is 1. The van der Waals surface area contributed by atoms with Gasteiger partial charge in [-0.1, -0.05) is 6.07 Å². The minimum atomic E-state index is -0.0101. The molecule has 0 aliphatic carbocycles. The van der Waals surface area contributed by atoms with Gasteiger partial charge in [-0.25, -0.2) is 0 Å². The lowest BCUT2D eigenvalue weighted by atomic mass is 10.1. The van der Waals surface area contributed by atoms with Crippen molar-refractivity contribution in [3.8, 4) is 5.75 Å². The first-order valence-electron chi connectivity index (χ1n) is 5.00. The topological polar surface area (TPSA) is 50.4 Å². The zero-order valence-electron chi connectivity index (χ0n) is 8.67. The number of ether oxygens (including phenoxy) is 1. The molecule has 1 aliphatic heterocycles. The lowest BCUT2D eigenvalue weighted by molar-refractivity contribution is 0.0965. The van der Waals surface area contributed by atoms with Gasteiger partial charge >= 0.3 is 0 Å². The molecule has 1 aromatic rings. The number of hydrogen-bond acceptors (Lipinski definition) is 3. The van der Waals surface area contributed by atoms with Crippen molar-refractivity contribution < 1.29 is 9.53 Å². The van der Waals surface area contributed by atoms with E-state index in [9.17, 15) is 4.79 Å². The van der Waals surface area contributed by atoms with Gasteiger partial charge in [-0.3, -0.25) is 4.79 Å². The second-order valence-electron chi connectivity index (χ2n) is 3.45. The Bertz CT molecular complexity index is 377. The molecule has 0 radical (unpaired) electrons. The number of hydrogen-bond donors (Lipinski definition) is 2. The summed E-state index contributed by atoms with van der Waals surface area (Å²) in [5.74, 6) is 0.741. The number of likely N-dealkylation sites (N-methyl/N-ethyl adjacent to an activating group) is 1. The van der Waals surface area contributed by atoms with Gasteiger partial charge in [-0.15, -0.1) is 0 Å². The van der Waals surface area contributed by atoms with Crippen LogP contribution in [0.2, 0.25) is 0 Å². The lowest BCUT2D eigenvalue weighted by Crippen LogP contribution is -2.16. The summed E-state index contributed by atoms with van der Waals surface area (Å²) in [6, 6.07) is 5.63. The lowest BCUT2D eigenvalue weighted by Gasteiger charge is -2.06. The number of carbonyl (C=O) groups is 1. The summed E-state index contributed by atoms with van der Waals surface area (Å²) in [5, 5.41) is 5.77. The molecule has 0 saturated heterocycles. The molecule has 0 unspecified atom stereocenters. The van der Waals surface area contributed by atoms with Gasteiger partial charge < -0.3 is 15.4 Å². The molecule has 0 saturated carbocycles. The maximum Gasteiger partial charge on any atom is 0.252 e. The van der Waals surface area contributed by atoms with E-state index < -0.39 is 0 Å². The third-order valence-electron chi connectivity index (χ3n) is 2.39. The molecule has 1 aromatic carbocycles. The smallest absolute Gasteiger partial charge is 0.252 e. The van der Waals surface area contributed by atoms with Gasteiger partial charge in [-0.05, 0) is 24.7 Å². The fraction of sp³-hybridized carbons (Fsp3) is 0.364. The summed E-state index contributed by atoms with van der Waals surface area (Å²) in [6.45, 7) is 2.03. The van der Waals surface area contributed by atoms with Gasteiger partial charge in [0.2, 0.25) is 0 Å². The predicted molar refractivity (Wildman–Crippen MR) is 57.0 cm³/mol. The van der Waals surface area contributed by atoms with Crippen LogP contribution in [0.1, 0.15) is 15.9 Å². The zero-order valence-corrected chi connectivity index (χ0v) is 8.67. The van der Waals surface area contributed by atoms with Gasteiger partial charge in [0.15, 0.2) is 0 Å². The highest BCUT2D eigenvalue weighted by Crippen LogP contribution is 2.21. The Morgan fingerprint density at radius 3 is 3.20 bits per heavy atom. The highest BCUT2D eigenvalue weighted by Gasteiger charge is 2.18. The molecule has 0 aromatic heterocycles. The van der Waals surface area contributed by atoms with Crippen molar-refractivity contribution in [3.63, 3.8) is 0 Å². The van der Waals surface area contributed by atoms with Crippen LogP contribution in [0.25, 0.3) is 0 Å². The summed E-state index contributed by atoms with van der Waals surface area (Å²) in [7, 11) is 1.87. The molecule has 15 heavy (non-hydrogen) atoms. The molecule has 1 aliphatic rings. The average molecular weight is 206 g/mol. The second kappa shape index (κ2) is 4.31. The third kappa shape index (κ3) is 2.10. The summed E-state index contributed by atoms with van der Waals surface area (Å²) < 4.78 is 5.48. The van der Waals surface area contributed by atoms with E-state index in [-0.39, 0.29) is 5.91 Å². The number of nitrogens with one attached hydrogen (secondary N) is 2. The van der Waals surface area contributed by atoms with Gasteiger partial charge in [-0.2, -0.15) is 0 Å². The summed E-state index contributed by atoms with van der Waals surface area (Å²) in [5.41, 5.74) is 1.78. The van der Waals surface area contributed by atoms with Gasteiger partial charge in [0.05, 0.1) is 0 Å². The van der Waals surface area contributed by atoms with E-state index in [0.717, 1.165) is 23.4 Å². The molecule has 1 amide bonds. The maximum atomic E-state index is 11.4. The molecular formula is C11H14N2O2. The first-order chi connectivity index (χ1) is 7.31. The van der Waals surface area contributed by atoms with Crippen LogP contribution in [-0.4, -0.2) is 26.1 Å². The van der Waals surface area contributed by atoms with Crippen molar-refractivity contribution in [2.24, 2.45) is 0 Å². The second-order valence-corrected chi connectivity index (χ2v) is 3.45. The van der Waals surface area contributed by atoms with E-state index >= 15 is 0 Å². The fourth-order valence-electron chi connectivity index (χ4n) is 1.55. The molecule has 4 nitrogen and oxygen atoms in total. The van der Waals surface area contributed by atoms with E-state index in [2.05, 4.69) is 10.6 Å². The minimum absolute atomic E-state index is 0.0101. The van der Waals surface area contributed by atoms with E-state index in [1.54, 1.807) is 6.07 Å². The maximum absolute atomic E-state index is 11.4. The Kier molecular flexibility index (Phi) is 2.87. The number of amides is 1. The van der Waals surface area contributed by atoms with Crippen molar-refractivity contribution in [1.82, 2.24) is 10.6 Å². The van der Waals surface area contributed by atoms with Gasteiger partial charge in [0, 0.05) is 18.7 Å². The SMILES string of the molecule is CNCCOc1ccc2c(c1)C(=O)NC2. The van der Waals surface area contributed by atoms with Crippen LogP contribution < -0.4 is 15.4 Å². The highest BCUT2D eigenvalue weighted by atomic mass is 16.5. The van der Waals surface area contributed by atoms with Crippen LogP contribution in [0.4, 0.5) is 0 Å². The standard InChI is InChI=1S/C11H14N2O2/c1-12-4-5-15-9-3-2-8-7-13-11(14)10(8)6-9/h2-3,6,12H,4-5,7H2,1H3,(H,13,14). The molecule has 1 heterocycles. The minimum Gasteiger partial charge on any atom is -0.492 e. The Morgan fingerprint density at radius 1 is 1.53 bits per heavy atom. The summed E-state index contributed by atoms with van der Waals surface area (Å²) in [6.07, 6.45) is 0. The van der Waals surface area contributed by atoms with Crippen LogP contribution in [-0.2, 0) is 6.54 Å². The number of fused-ring (bicyclic) bond motifs is 1. The van der Waals surface area contributed by atoms with Gasteiger partial charge in [0.25, 0.3) is 5.91 Å². The Labute approximate surface area is 88.6 Å². The summed E-state index contributed by atoms with van der Waals surface area (Å²) >= 11 is 0. The summed E-state index contributed by atoms with van der Waals surface area (Å²) in [4.78, 5) is 11.4. The van der Waals surface area contributed by atoms with E-state index in [1.165, 1.54) is 0 Å². The monoisotopic (exact) mass is 206 g/mol. The van der Waals surface area contributed by atoms with Gasteiger partial charge in [0.1, 0.15) is 12.4 Å². The average Bonchev–Trinajstić information content (AvgIpc) is 2.61. The van der Waals surface area contributed by atoms with Crippen molar-refractivity contribution in [3.05, 3.63) is 29.3 Å². The normalized spacial score (nSPS) is 13.5. The Balaban J connectivity index is 2.08. The van der Waals surface area contributed by atoms with Crippen molar-refractivity contribution in [1.29, 1.82) is 0 Å². The van der Waals surface area contributed by atoms with Crippen LogP contribution in [0.5, 0.6) is 5.75 Å². The Hall–Kier alpha value is -1.55. The molecule has 2 rings (SSSR count). The van der Waals surface area contributed by atoms with Crippen molar-refractivity contribution >= 4 is 5.91 Å². The number of rotatable bonds is 4. The van der Waals surface area contributed by atoms with Crippen molar-refractivity contribution in [2.45, 2.75) is 6.54 Å². The molecule has 4 heteroatoms. The molecule has 2 N–H and O–H groups in total. The molecule has 80 valence electrons. The highest BCUT2D eigenvalue weighted by molar-refractivity contribution is 5.98. The fourth-order valence-corrected chi connectivity index (χ4v) is 1.55. The van der Waals surface area contributed by atoms with E-state index in [1.807, 2.05) is 19.2 Å². The quantitative estimate of drug-likeness (QED) is 0.706.